The van der Waals surface area contributed by atoms with Crippen molar-refractivity contribution in [1.82, 2.24) is 10.2 Å². The monoisotopic (exact) mass is 256 g/mol. The van der Waals surface area contributed by atoms with Crippen LogP contribution >= 0.6 is 0 Å². The first kappa shape index (κ1) is 13.3. The molecule has 2 aliphatic heterocycles. The molecule has 0 bridgehead atoms. The number of carbonyl (C=O) groups excluding carboxylic acids is 1. The summed E-state index contributed by atoms with van der Waals surface area (Å²) in [4.78, 5) is 24.8. The summed E-state index contributed by atoms with van der Waals surface area (Å²) < 4.78 is 5.47. The Morgan fingerprint density at radius 1 is 1.50 bits per heavy atom. The molecule has 2 N–H and O–H groups in total. The number of carboxylic acid groups (broad SMARTS) is 1. The number of ether oxygens (including phenoxy) is 1. The Bertz CT molecular complexity index is 328. The van der Waals surface area contributed by atoms with Crippen LogP contribution in [0.3, 0.4) is 0 Å². The molecule has 6 heteroatoms. The molecule has 2 heterocycles. The number of aliphatic carboxylic acids is 1. The molecule has 0 aromatic heterocycles. The van der Waals surface area contributed by atoms with E-state index >= 15 is 0 Å². The van der Waals surface area contributed by atoms with Crippen molar-refractivity contribution in [2.75, 3.05) is 26.2 Å². The van der Waals surface area contributed by atoms with E-state index in [1.165, 1.54) is 4.90 Å². The van der Waals surface area contributed by atoms with Gasteiger partial charge in [-0.25, -0.2) is 4.79 Å². The molecule has 3 atom stereocenters. The Balaban J connectivity index is 1.93. The Morgan fingerprint density at radius 2 is 2.28 bits per heavy atom. The Hall–Kier alpha value is -1.14. The Kier molecular flexibility index (Phi) is 4.19. The highest BCUT2D eigenvalue weighted by Gasteiger charge is 2.39. The van der Waals surface area contributed by atoms with Crippen molar-refractivity contribution in [3.05, 3.63) is 0 Å². The van der Waals surface area contributed by atoms with Crippen LogP contribution in [0.2, 0.25) is 0 Å². The van der Waals surface area contributed by atoms with Crippen molar-refractivity contribution < 1.29 is 19.4 Å². The lowest BCUT2D eigenvalue weighted by molar-refractivity contribution is -0.150. The smallest absolute Gasteiger partial charge is 0.326 e. The zero-order valence-electron chi connectivity index (χ0n) is 10.6. The average molecular weight is 256 g/mol. The minimum absolute atomic E-state index is 0.0249. The van der Waals surface area contributed by atoms with Crippen LogP contribution < -0.4 is 5.32 Å². The number of hydrogen-bond donors (Lipinski definition) is 2. The lowest BCUT2D eigenvalue weighted by Crippen LogP contribution is -2.46. The van der Waals surface area contributed by atoms with Gasteiger partial charge in [-0.3, -0.25) is 4.79 Å². The molecular formula is C12H20N2O4. The van der Waals surface area contributed by atoms with Crippen molar-refractivity contribution in [2.24, 2.45) is 5.92 Å². The zero-order valence-corrected chi connectivity index (χ0v) is 10.6. The van der Waals surface area contributed by atoms with Crippen molar-refractivity contribution in [1.29, 1.82) is 0 Å². The fourth-order valence-corrected chi connectivity index (χ4v) is 2.67. The van der Waals surface area contributed by atoms with Crippen molar-refractivity contribution in [3.63, 3.8) is 0 Å². The van der Waals surface area contributed by atoms with E-state index in [0.29, 0.717) is 19.7 Å². The first-order valence-electron chi connectivity index (χ1n) is 6.44. The highest BCUT2D eigenvalue weighted by atomic mass is 16.5. The van der Waals surface area contributed by atoms with Crippen LogP contribution in [0, 0.1) is 5.92 Å². The first-order valence-corrected chi connectivity index (χ1v) is 6.44. The third-order valence-corrected chi connectivity index (χ3v) is 3.68. The maximum atomic E-state index is 12.1. The highest BCUT2D eigenvalue weighted by Crippen LogP contribution is 2.25. The minimum Gasteiger partial charge on any atom is -0.480 e. The third-order valence-electron chi connectivity index (χ3n) is 3.68. The maximum Gasteiger partial charge on any atom is 0.326 e. The minimum atomic E-state index is -0.906. The summed E-state index contributed by atoms with van der Waals surface area (Å²) in [5.74, 6) is -0.992. The Morgan fingerprint density at radius 3 is 2.89 bits per heavy atom. The van der Waals surface area contributed by atoms with Gasteiger partial charge in [0.2, 0.25) is 5.91 Å². The van der Waals surface area contributed by atoms with Crippen LogP contribution in [0.5, 0.6) is 0 Å². The number of carboxylic acids is 1. The summed E-state index contributed by atoms with van der Waals surface area (Å²) in [5.41, 5.74) is 0. The van der Waals surface area contributed by atoms with Gasteiger partial charge in [-0.1, -0.05) is 6.92 Å². The lowest BCUT2D eigenvalue weighted by atomic mass is 10.0. The summed E-state index contributed by atoms with van der Waals surface area (Å²) >= 11 is 0. The molecular weight excluding hydrogens is 236 g/mol. The van der Waals surface area contributed by atoms with Crippen LogP contribution in [0.4, 0.5) is 0 Å². The van der Waals surface area contributed by atoms with Crippen molar-refractivity contribution in [3.8, 4) is 0 Å². The largest absolute Gasteiger partial charge is 0.480 e. The van der Waals surface area contributed by atoms with Gasteiger partial charge in [-0.05, 0) is 12.3 Å². The third kappa shape index (κ3) is 2.81. The molecule has 0 radical (unpaired) electrons. The van der Waals surface area contributed by atoms with Gasteiger partial charge in [0, 0.05) is 19.6 Å². The second-order valence-electron chi connectivity index (χ2n) is 5.04. The SMILES string of the molecule is CC1CCN(C(=O)CC2CNCCO2)C1C(=O)O. The van der Waals surface area contributed by atoms with Gasteiger partial charge in [0.05, 0.1) is 19.1 Å². The quantitative estimate of drug-likeness (QED) is 0.724. The molecule has 0 spiro atoms. The van der Waals surface area contributed by atoms with Crippen LogP contribution in [-0.4, -0.2) is 60.3 Å². The number of hydrogen-bond acceptors (Lipinski definition) is 4. The molecule has 18 heavy (non-hydrogen) atoms. The molecule has 2 fully saturated rings. The van der Waals surface area contributed by atoms with E-state index < -0.39 is 12.0 Å². The summed E-state index contributed by atoms with van der Waals surface area (Å²) in [6, 6.07) is -0.672. The van der Waals surface area contributed by atoms with E-state index in [0.717, 1.165) is 13.0 Å². The number of carbonyl (C=O) groups is 2. The predicted octanol–water partition coefficient (Wildman–Crippen LogP) is -0.313. The maximum absolute atomic E-state index is 12.1. The van der Waals surface area contributed by atoms with Crippen LogP contribution in [0.15, 0.2) is 0 Å². The van der Waals surface area contributed by atoms with E-state index in [2.05, 4.69) is 5.32 Å². The van der Waals surface area contributed by atoms with Gasteiger partial charge in [0.15, 0.2) is 0 Å². The topological polar surface area (TPSA) is 78.9 Å². The molecule has 0 aliphatic carbocycles. The van der Waals surface area contributed by atoms with Crippen LogP contribution in [0.25, 0.3) is 0 Å². The second kappa shape index (κ2) is 5.67. The van der Waals surface area contributed by atoms with E-state index in [9.17, 15) is 14.7 Å². The van der Waals surface area contributed by atoms with Crippen molar-refractivity contribution >= 4 is 11.9 Å². The molecule has 2 saturated heterocycles. The molecule has 1 amide bonds. The van der Waals surface area contributed by atoms with Gasteiger partial charge in [0.25, 0.3) is 0 Å². The molecule has 102 valence electrons. The number of nitrogens with one attached hydrogen (secondary N) is 1. The lowest BCUT2D eigenvalue weighted by Gasteiger charge is -2.28. The molecule has 0 aromatic carbocycles. The number of nitrogens with zero attached hydrogens (tertiary/aromatic N) is 1. The van der Waals surface area contributed by atoms with Crippen LogP contribution in [-0.2, 0) is 14.3 Å². The molecule has 0 saturated carbocycles. The standard InChI is InChI=1S/C12H20N2O4/c1-8-2-4-14(11(8)12(16)17)10(15)6-9-7-13-3-5-18-9/h8-9,11,13H,2-7H2,1H3,(H,16,17). The van der Waals surface area contributed by atoms with Gasteiger partial charge in [0.1, 0.15) is 6.04 Å². The average Bonchev–Trinajstić information content (AvgIpc) is 2.72. The van der Waals surface area contributed by atoms with Gasteiger partial charge in [-0.2, -0.15) is 0 Å². The molecule has 3 unspecified atom stereocenters. The van der Waals surface area contributed by atoms with E-state index in [-0.39, 0.29) is 24.3 Å². The van der Waals surface area contributed by atoms with Gasteiger partial charge in [-0.15, -0.1) is 0 Å². The number of amides is 1. The molecule has 0 aromatic rings. The Labute approximate surface area is 106 Å². The summed E-state index contributed by atoms with van der Waals surface area (Å²) in [6.45, 7) is 4.49. The van der Waals surface area contributed by atoms with E-state index in [1.54, 1.807) is 0 Å². The summed E-state index contributed by atoms with van der Waals surface area (Å²) in [6.07, 6.45) is 0.896. The molecule has 2 aliphatic rings. The van der Waals surface area contributed by atoms with E-state index in [4.69, 9.17) is 4.74 Å². The fraction of sp³-hybridized carbons (Fsp3) is 0.833. The predicted molar refractivity (Wildman–Crippen MR) is 64.1 cm³/mol. The van der Waals surface area contributed by atoms with Crippen molar-refractivity contribution in [2.45, 2.75) is 31.9 Å². The second-order valence-corrected chi connectivity index (χ2v) is 5.04. The molecule has 2 rings (SSSR count). The number of rotatable bonds is 3. The summed E-state index contributed by atoms with van der Waals surface area (Å²) in [5, 5.41) is 12.3. The number of morpholine rings is 1. The normalized spacial score (nSPS) is 32.5. The van der Waals surface area contributed by atoms with Gasteiger partial charge >= 0.3 is 5.97 Å². The molecule has 6 nitrogen and oxygen atoms in total. The van der Waals surface area contributed by atoms with E-state index in [1.807, 2.05) is 6.92 Å². The van der Waals surface area contributed by atoms with Gasteiger partial charge < -0.3 is 20.1 Å². The highest BCUT2D eigenvalue weighted by molar-refractivity contribution is 5.84. The number of likely N-dealkylation sites (tertiary alicyclic amines) is 1. The fourth-order valence-electron chi connectivity index (χ4n) is 2.67. The zero-order chi connectivity index (χ0) is 13.1. The summed E-state index contributed by atoms with van der Waals surface area (Å²) in [7, 11) is 0. The van der Waals surface area contributed by atoms with Crippen LogP contribution in [0.1, 0.15) is 19.8 Å². The first-order chi connectivity index (χ1) is 8.59.